The van der Waals surface area contributed by atoms with Gasteiger partial charge < -0.3 is 14.2 Å². The minimum Gasteiger partial charge on any atom is -0.493 e. The van der Waals surface area contributed by atoms with Crippen LogP contribution in [0.1, 0.15) is 22.3 Å². The molecule has 0 bridgehead atoms. The molecule has 4 rings (SSSR count). The van der Waals surface area contributed by atoms with E-state index in [2.05, 4.69) is 43.5 Å². The molecule has 0 N–H and O–H groups in total. The van der Waals surface area contributed by atoms with Crippen LogP contribution in [0, 0.1) is 20.6 Å². The first kappa shape index (κ1) is 24.9. The van der Waals surface area contributed by atoms with Crippen molar-refractivity contribution in [3.05, 3.63) is 101 Å². The number of esters is 1. The van der Waals surface area contributed by atoms with Gasteiger partial charge in [0.1, 0.15) is 6.61 Å². The molecule has 1 aliphatic rings. The van der Waals surface area contributed by atoms with Gasteiger partial charge in [0.25, 0.3) is 5.69 Å². The van der Waals surface area contributed by atoms with Crippen LogP contribution in [0.25, 0.3) is 6.08 Å². The van der Waals surface area contributed by atoms with Crippen LogP contribution in [-0.2, 0) is 16.1 Å². The highest BCUT2D eigenvalue weighted by molar-refractivity contribution is 14.1. The zero-order chi connectivity index (χ0) is 25.1. The van der Waals surface area contributed by atoms with Gasteiger partial charge in [-0.15, -0.1) is 0 Å². The van der Waals surface area contributed by atoms with Gasteiger partial charge in [0, 0.05) is 20.8 Å². The van der Waals surface area contributed by atoms with Gasteiger partial charge in [-0.1, -0.05) is 18.2 Å². The van der Waals surface area contributed by atoms with Gasteiger partial charge in [-0.3, -0.25) is 10.1 Å². The third-order valence-corrected chi connectivity index (χ3v) is 6.43. The van der Waals surface area contributed by atoms with Crippen LogP contribution in [0.3, 0.4) is 0 Å². The van der Waals surface area contributed by atoms with Crippen LogP contribution in [0.5, 0.6) is 11.5 Å². The minimum atomic E-state index is -0.655. The van der Waals surface area contributed by atoms with Crippen molar-refractivity contribution in [1.82, 2.24) is 0 Å². The van der Waals surface area contributed by atoms with E-state index < -0.39 is 10.9 Å². The lowest BCUT2D eigenvalue weighted by atomic mass is 10.1. The van der Waals surface area contributed by atoms with E-state index in [1.165, 1.54) is 13.2 Å². The smallest absolute Gasteiger partial charge is 0.363 e. The third kappa shape index (κ3) is 5.70. The highest BCUT2D eigenvalue weighted by Gasteiger charge is 2.26. The fraction of sp³-hybridized carbons (Fsp3) is 0.120. The van der Waals surface area contributed by atoms with Crippen LogP contribution < -0.4 is 9.47 Å². The molecule has 178 valence electrons. The fourth-order valence-electron chi connectivity index (χ4n) is 3.33. The number of nitro groups is 1. The quantitative estimate of drug-likeness (QED) is 0.0994. The van der Waals surface area contributed by atoms with Crippen LogP contribution in [0.15, 0.2) is 69.8 Å². The number of hydrogen-bond acceptors (Lipinski definition) is 7. The number of hydrogen-bond donors (Lipinski definition) is 0. The first-order valence-electron chi connectivity index (χ1n) is 10.3. The van der Waals surface area contributed by atoms with Crippen molar-refractivity contribution in [2.75, 3.05) is 7.11 Å². The van der Waals surface area contributed by atoms with E-state index >= 15 is 0 Å². The number of aliphatic imine (C=N–C) groups is 1. The summed E-state index contributed by atoms with van der Waals surface area (Å²) in [5, 5.41) is 11.2. The largest absolute Gasteiger partial charge is 0.493 e. The molecule has 0 fully saturated rings. The Hall–Kier alpha value is -3.25. The second-order valence-electron chi connectivity index (χ2n) is 7.54. The number of rotatable bonds is 7. The van der Waals surface area contributed by atoms with E-state index in [-0.39, 0.29) is 17.3 Å². The number of methoxy groups -OCH3 is 1. The van der Waals surface area contributed by atoms with Crippen molar-refractivity contribution in [3.8, 4) is 11.5 Å². The number of nitro benzene ring substituents is 1. The van der Waals surface area contributed by atoms with E-state index in [1.54, 1.807) is 37.3 Å². The Morgan fingerprint density at radius 2 is 1.91 bits per heavy atom. The van der Waals surface area contributed by atoms with Gasteiger partial charge in [-0.25, -0.2) is 9.79 Å². The molecule has 3 aromatic rings. The minimum absolute atomic E-state index is 0.00727. The molecule has 0 unspecified atom stereocenters. The van der Waals surface area contributed by atoms with Gasteiger partial charge in [-0.05, 0) is 93.0 Å². The number of ether oxygens (including phenoxy) is 3. The lowest BCUT2D eigenvalue weighted by molar-refractivity contribution is -0.385. The van der Waals surface area contributed by atoms with Gasteiger partial charge in [-0.2, -0.15) is 0 Å². The summed E-state index contributed by atoms with van der Waals surface area (Å²) in [6.45, 7) is 1.99. The van der Waals surface area contributed by atoms with Crippen molar-refractivity contribution >= 4 is 62.2 Å². The van der Waals surface area contributed by atoms with Crippen molar-refractivity contribution in [2.24, 2.45) is 4.99 Å². The molecule has 0 saturated heterocycles. The highest BCUT2D eigenvalue weighted by atomic mass is 127. The Labute approximate surface area is 223 Å². The van der Waals surface area contributed by atoms with E-state index in [0.717, 1.165) is 9.13 Å². The Morgan fingerprint density at radius 1 is 1.17 bits per heavy atom. The lowest BCUT2D eigenvalue weighted by Crippen LogP contribution is -2.06. The molecular formula is C25H18BrIN2O6. The Morgan fingerprint density at radius 3 is 2.60 bits per heavy atom. The van der Waals surface area contributed by atoms with Crippen LogP contribution in [0.4, 0.5) is 5.69 Å². The van der Waals surface area contributed by atoms with Gasteiger partial charge in [0.05, 0.1) is 16.5 Å². The summed E-state index contributed by atoms with van der Waals surface area (Å²) in [7, 11) is 1.53. The molecule has 0 radical (unpaired) electrons. The molecule has 0 aromatic heterocycles. The summed E-state index contributed by atoms with van der Waals surface area (Å²) in [4.78, 5) is 27.4. The lowest BCUT2D eigenvalue weighted by Gasteiger charge is -2.14. The summed E-state index contributed by atoms with van der Waals surface area (Å²) >= 11 is 5.76. The number of benzene rings is 3. The molecule has 3 aromatic carbocycles. The van der Waals surface area contributed by atoms with Gasteiger partial charge in [0.2, 0.25) is 5.90 Å². The van der Waals surface area contributed by atoms with Crippen LogP contribution in [0.2, 0.25) is 0 Å². The maximum absolute atomic E-state index is 12.4. The van der Waals surface area contributed by atoms with Gasteiger partial charge >= 0.3 is 5.97 Å². The Balaban J connectivity index is 1.60. The monoisotopic (exact) mass is 648 g/mol. The molecule has 1 aliphatic heterocycles. The fourth-order valence-corrected chi connectivity index (χ4v) is 4.26. The zero-order valence-corrected chi connectivity index (χ0v) is 22.3. The molecule has 0 spiro atoms. The predicted octanol–water partition coefficient (Wildman–Crippen LogP) is 6.20. The van der Waals surface area contributed by atoms with E-state index in [4.69, 9.17) is 14.2 Å². The average Bonchev–Trinajstić information content (AvgIpc) is 3.19. The van der Waals surface area contributed by atoms with Crippen molar-refractivity contribution in [2.45, 2.75) is 13.5 Å². The first-order valence-corrected chi connectivity index (χ1v) is 12.1. The third-order valence-electron chi connectivity index (χ3n) is 5.12. The summed E-state index contributed by atoms with van der Waals surface area (Å²) in [6, 6.07) is 16.0. The Bertz CT molecular complexity index is 1390. The van der Waals surface area contributed by atoms with Crippen molar-refractivity contribution < 1.29 is 23.9 Å². The molecule has 35 heavy (non-hydrogen) atoms. The number of carbonyl (C=O) groups excluding carboxylic acids is 1. The normalized spacial score (nSPS) is 14.0. The molecular weight excluding hydrogens is 631 g/mol. The maximum Gasteiger partial charge on any atom is 0.363 e. The number of cyclic esters (lactones) is 1. The standard InChI is InChI=1S/C25H18BrIN2O6/c1-14-3-6-17(12-21(14)29(31)32)24-28-20(25(30)35-24)10-16-9-19(26)23(22(11-16)33-2)34-13-15-4-7-18(27)8-5-15/h3-12H,13H2,1-2H3/b20-10-. The molecule has 10 heteroatoms. The topological polar surface area (TPSA) is 100 Å². The molecule has 8 nitrogen and oxygen atoms in total. The maximum atomic E-state index is 12.4. The number of aryl methyl sites for hydroxylation is 1. The molecule has 0 saturated carbocycles. The summed E-state index contributed by atoms with van der Waals surface area (Å²) < 4.78 is 18.5. The van der Waals surface area contributed by atoms with Crippen molar-refractivity contribution in [3.63, 3.8) is 0 Å². The van der Waals surface area contributed by atoms with Gasteiger partial charge in [0.15, 0.2) is 17.2 Å². The van der Waals surface area contributed by atoms with Crippen molar-refractivity contribution in [1.29, 1.82) is 0 Å². The zero-order valence-electron chi connectivity index (χ0n) is 18.6. The number of nitrogens with zero attached hydrogens (tertiary/aromatic N) is 2. The molecule has 0 atom stereocenters. The van der Waals surface area contributed by atoms with Crippen LogP contribution in [-0.4, -0.2) is 23.9 Å². The first-order chi connectivity index (χ1) is 16.7. The second kappa shape index (κ2) is 10.6. The second-order valence-corrected chi connectivity index (χ2v) is 9.64. The molecule has 0 aliphatic carbocycles. The summed E-state index contributed by atoms with van der Waals surface area (Å²) in [5.41, 5.74) is 2.47. The van der Waals surface area contributed by atoms with E-state index in [9.17, 15) is 14.9 Å². The SMILES string of the molecule is COc1cc(/C=C2\N=C(c3ccc(C)c([N+](=O)[O-])c3)OC2=O)cc(Br)c1OCc1ccc(I)cc1. The Kier molecular flexibility index (Phi) is 7.51. The average molecular weight is 649 g/mol. The summed E-state index contributed by atoms with van der Waals surface area (Å²) in [5.74, 6) is 0.352. The number of carbonyl (C=O) groups is 1. The van der Waals surface area contributed by atoms with E-state index in [1.807, 2.05) is 24.3 Å². The van der Waals surface area contributed by atoms with Crippen LogP contribution >= 0.6 is 38.5 Å². The highest BCUT2D eigenvalue weighted by Crippen LogP contribution is 2.38. The summed E-state index contributed by atoms with van der Waals surface area (Å²) in [6.07, 6.45) is 1.55. The van der Waals surface area contributed by atoms with E-state index in [0.29, 0.717) is 39.3 Å². The molecule has 1 heterocycles. The number of halogens is 2. The predicted molar refractivity (Wildman–Crippen MR) is 143 cm³/mol. The molecule has 0 amide bonds.